The number of fused-ring (bicyclic) bond motifs is 2. The van der Waals surface area contributed by atoms with Gasteiger partial charge >= 0.3 is 0 Å². The lowest BCUT2D eigenvalue weighted by Gasteiger charge is -2.36. The number of ether oxygens (including phenoxy) is 2. The average molecular weight is 353 g/mol. The highest BCUT2D eigenvalue weighted by Crippen LogP contribution is 2.31. The Morgan fingerprint density at radius 3 is 2.92 bits per heavy atom. The van der Waals surface area contributed by atoms with E-state index in [1.54, 1.807) is 19.2 Å². The first-order valence-corrected chi connectivity index (χ1v) is 8.35. The molecule has 1 aliphatic heterocycles. The highest BCUT2D eigenvalue weighted by atomic mass is 16.5. The van der Waals surface area contributed by atoms with Crippen molar-refractivity contribution in [1.82, 2.24) is 5.32 Å². The molecular weight excluding hydrogens is 334 g/mol. The van der Waals surface area contributed by atoms with Crippen LogP contribution >= 0.6 is 0 Å². The number of hydrogen-bond acceptors (Lipinski definition) is 5. The van der Waals surface area contributed by atoms with E-state index in [-0.39, 0.29) is 19.0 Å². The summed E-state index contributed by atoms with van der Waals surface area (Å²) in [6.07, 6.45) is 0.481. The monoisotopic (exact) mass is 353 g/mol. The summed E-state index contributed by atoms with van der Waals surface area (Å²) in [4.78, 5) is 12.7. The van der Waals surface area contributed by atoms with E-state index in [4.69, 9.17) is 13.9 Å². The molecule has 2 aromatic carbocycles. The molecule has 26 heavy (non-hydrogen) atoms. The highest BCUT2D eigenvalue weighted by molar-refractivity contribution is 5.97. The summed E-state index contributed by atoms with van der Waals surface area (Å²) < 4.78 is 16.7. The molecule has 0 bridgehead atoms. The van der Waals surface area contributed by atoms with Gasteiger partial charge in [-0.25, -0.2) is 0 Å². The van der Waals surface area contributed by atoms with Gasteiger partial charge in [0.1, 0.15) is 17.9 Å². The Bertz CT molecular complexity index is 964. The van der Waals surface area contributed by atoms with E-state index in [0.717, 1.165) is 16.7 Å². The predicted molar refractivity (Wildman–Crippen MR) is 95.7 cm³/mol. The number of aliphatic hydroxyl groups is 1. The van der Waals surface area contributed by atoms with Crippen molar-refractivity contribution in [3.8, 4) is 11.5 Å². The number of furan rings is 1. The van der Waals surface area contributed by atoms with E-state index < -0.39 is 11.4 Å². The van der Waals surface area contributed by atoms with Gasteiger partial charge < -0.3 is 24.3 Å². The van der Waals surface area contributed by atoms with Crippen LogP contribution in [0.1, 0.15) is 16.1 Å². The molecule has 0 spiro atoms. The van der Waals surface area contributed by atoms with Gasteiger partial charge in [-0.1, -0.05) is 30.3 Å². The van der Waals surface area contributed by atoms with Crippen LogP contribution in [0.5, 0.6) is 11.5 Å². The third kappa shape index (κ3) is 2.78. The van der Waals surface area contributed by atoms with E-state index in [0.29, 0.717) is 17.8 Å². The van der Waals surface area contributed by atoms with Crippen molar-refractivity contribution < 1.29 is 23.8 Å². The summed E-state index contributed by atoms with van der Waals surface area (Å²) in [7, 11) is 1.55. The van der Waals surface area contributed by atoms with Crippen molar-refractivity contribution in [2.75, 3.05) is 20.3 Å². The normalized spacial score (nSPS) is 18.8. The van der Waals surface area contributed by atoms with Gasteiger partial charge in [0.05, 0.1) is 13.7 Å². The standard InChI is InChI=1S/C20H19NO5/c1-24-16-8-4-6-13-9-17(26-18(13)16)19(23)21-20(11-22)10-14-5-2-3-7-15(14)25-12-20/h2-9,22H,10-12H2,1H3,(H,21,23). The number of nitrogens with one attached hydrogen (secondary N) is 1. The Morgan fingerprint density at radius 2 is 2.12 bits per heavy atom. The lowest BCUT2D eigenvalue weighted by atomic mass is 9.89. The van der Waals surface area contributed by atoms with E-state index in [1.165, 1.54) is 0 Å². The van der Waals surface area contributed by atoms with Crippen LogP contribution in [0.2, 0.25) is 0 Å². The first-order chi connectivity index (χ1) is 12.6. The van der Waals surface area contributed by atoms with E-state index in [9.17, 15) is 9.90 Å². The number of amides is 1. The van der Waals surface area contributed by atoms with Gasteiger partial charge in [0.25, 0.3) is 5.91 Å². The SMILES string of the molecule is COc1cccc2cc(C(=O)NC3(CO)COc4ccccc4C3)oc12. The number of para-hydroxylation sites is 2. The summed E-state index contributed by atoms with van der Waals surface area (Å²) in [5.74, 6) is 1.10. The first-order valence-electron chi connectivity index (χ1n) is 8.35. The fraction of sp³-hybridized carbons (Fsp3) is 0.250. The Hall–Kier alpha value is -2.99. The molecule has 0 radical (unpaired) electrons. The molecule has 1 unspecified atom stereocenters. The second kappa shape index (κ2) is 6.38. The summed E-state index contributed by atoms with van der Waals surface area (Å²) in [6, 6.07) is 14.7. The van der Waals surface area contributed by atoms with Gasteiger partial charge in [-0.2, -0.15) is 0 Å². The second-order valence-electron chi connectivity index (χ2n) is 6.46. The van der Waals surface area contributed by atoms with Crippen molar-refractivity contribution in [2.45, 2.75) is 12.0 Å². The summed E-state index contributed by atoms with van der Waals surface area (Å²) in [6.45, 7) is -0.0492. The molecular formula is C20H19NO5. The zero-order valence-corrected chi connectivity index (χ0v) is 14.3. The summed E-state index contributed by atoms with van der Waals surface area (Å²) >= 11 is 0. The third-order valence-electron chi connectivity index (χ3n) is 4.64. The highest BCUT2D eigenvalue weighted by Gasteiger charge is 2.37. The number of hydrogen-bond donors (Lipinski definition) is 2. The molecule has 4 rings (SSSR count). The third-order valence-corrected chi connectivity index (χ3v) is 4.64. The molecule has 0 aliphatic carbocycles. The maximum absolute atomic E-state index is 12.7. The van der Waals surface area contributed by atoms with Gasteiger partial charge in [-0.15, -0.1) is 0 Å². The average Bonchev–Trinajstić information content (AvgIpc) is 3.12. The minimum Gasteiger partial charge on any atom is -0.493 e. The van der Waals surface area contributed by atoms with E-state index >= 15 is 0 Å². The van der Waals surface area contributed by atoms with Crippen LogP contribution in [0.4, 0.5) is 0 Å². The van der Waals surface area contributed by atoms with E-state index in [1.807, 2.05) is 36.4 Å². The Kier molecular flexibility index (Phi) is 4.05. The molecule has 134 valence electrons. The molecule has 0 fully saturated rings. The van der Waals surface area contributed by atoms with Crippen LogP contribution in [-0.4, -0.2) is 36.9 Å². The largest absolute Gasteiger partial charge is 0.493 e. The van der Waals surface area contributed by atoms with Gasteiger partial charge in [0.15, 0.2) is 17.1 Å². The van der Waals surface area contributed by atoms with Gasteiger partial charge in [0, 0.05) is 11.8 Å². The van der Waals surface area contributed by atoms with Gasteiger partial charge in [0.2, 0.25) is 0 Å². The number of rotatable bonds is 4. The van der Waals surface area contributed by atoms with Crippen LogP contribution in [0.3, 0.4) is 0 Å². The molecule has 2 heterocycles. The van der Waals surface area contributed by atoms with Crippen molar-refractivity contribution in [2.24, 2.45) is 0 Å². The lowest BCUT2D eigenvalue weighted by Crippen LogP contribution is -2.58. The van der Waals surface area contributed by atoms with Crippen molar-refractivity contribution in [3.63, 3.8) is 0 Å². The van der Waals surface area contributed by atoms with Crippen LogP contribution in [0.15, 0.2) is 52.9 Å². The molecule has 1 aliphatic rings. The first kappa shape index (κ1) is 16.5. The van der Waals surface area contributed by atoms with E-state index in [2.05, 4.69) is 5.32 Å². The maximum atomic E-state index is 12.7. The smallest absolute Gasteiger partial charge is 0.287 e. The van der Waals surface area contributed by atoms with Crippen LogP contribution in [-0.2, 0) is 6.42 Å². The molecule has 1 amide bonds. The van der Waals surface area contributed by atoms with Gasteiger partial charge in [-0.05, 0) is 23.8 Å². The van der Waals surface area contributed by atoms with Crippen molar-refractivity contribution >= 4 is 16.9 Å². The fourth-order valence-corrected chi connectivity index (χ4v) is 3.25. The minimum atomic E-state index is -0.894. The van der Waals surface area contributed by atoms with Crippen LogP contribution in [0, 0.1) is 0 Å². The van der Waals surface area contributed by atoms with Crippen molar-refractivity contribution in [1.29, 1.82) is 0 Å². The Balaban J connectivity index is 1.61. The number of benzene rings is 2. The zero-order valence-electron chi connectivity index (χ0n) is 14.3. The number of methoxy groups -OCH3 is 1. The maximum Gasteiger partial charge on any atom is 0.287 e. The number of aliphatic hydroxyl groups excluding tert-OH is 1. The molecule has 3 aromatic rings. The van der Waals surface area contributed by atoms with Crippen molar-refractivity contribution in [3.05, 3.63) is 59.9 Å². The summed E-state index contributed by atoms with van der Waals surface area (Å²) in [5.41, 5.74) is 0.567. The summed E-state index contributed by atoms with van der Waals surface area (Å²) in [5, 5.41) is 13.6. The zero-order chi connectivity index (χ0) is 18.1. The molecule has 2 N–H and O–H groups in total. The van der Waals surface area contributed by atoms with Crippen LogP contribution < -0.4 is 14.8 Å². The molecule has 0 saturated carbocycles. The number of carbonyl (C=O) groups excluding carboxylic acids is 1. The topological polar surface area (TPSA) is 80.9 Å². The lowest BCUT2D eigenvalue weighted by molar-refractivity contribution is 0.0634. The molecule has 6 heteroatoms. The fourth-order valence-electron chi connectivity index (χ4n) is 3.25. The van der Waals surface area contributed by atoms with Crippen LogP contribution in [0.25, 0.3) is 11.0 Å². The minimum absolute atomic E-state index is 0.163. The molecule has 1 atom stereocenters. The number of carbonyl (C=O) groups is 1. The molecule has 0 saturated heterocycles. The second-order valence-corrected chi connectivity index (χ2v) is 6.46. The molecule has 6 nitrogen and oxygen atoms in total. The Labute approximate surface area is 150 Å². The Morgan fingerprint density at radius 1 is 1.27 bits per heavy atom. The van der Waals surface area contributed by atoms with Gasteiger partial charge in [-0.3, -0.25) is 4.79 Å². The quantitative estimate of drug-likeness (QED) is 0.753. The predicted octanol–water partition coefficient (Wildman–Crippen LogP) is 2.54. The molecule has 1 aromatic heterocycles.